The number of hydrogen-bond donors (Lipinski definition) is 0. The highest BCUT2D eigenvalue weighted by molar-refractivity contribution is 6.15. The van der Waals surface area contributed by atoms with Gasteiger partial charge in [0.1, 0.15) is 0 Å². The molecule has 44 heavy (non-hydrogen) atoms. The highest BCUT2D eigenvalue weighted by atomic mass is 15.0. The minimum absolute atomic E-state index is 0.951. The second-order valence-corrected chi connectivity index (χ2v) is 11.2. The minimum Gasteiger partial charge on any atom is -0.309 e. The van der Waals surface area contributed by atoms with Crippen molar-refractivity contribution in [3.63, 3.8) is 0 Å². The van der Waals surface area contributed by atoms with Gasteiger partial charge in [-0.3, -0.25) is 0 Å². The lowest BCUT2D eigenvalue weighted by atomic mass is 10.0. The normalized spacial score (nSPS) is 11.6. The Morgan fingerprint density at radius 2 is 0.705 bits per heavy atom. The van der Waals surface area contributed by atoms with Crippen molar-refractivity contribution in [2.75, 3.05) is 0 Å². The highest BCUT2D eigenvalue weighted by Gasteiger charge is 2.19. The third-order valence-electron chi connectivity index (χ3n) is 8.72. The van der Waals surface area contributed by atoms with Crippen molar-refractivity contribution >= 4 is 43.6 Å². The van der Waals surface area contributed by atoms with Crippen molar-refractivity contribution in [1.29, 1.82) is 0 Å². The molecule has 3 nitrogen and oxygen atoms in total. The average molecular weight is 562 g/mol. The van der Waals surface area contributed by atoms with Crippen molar-refractivity contribution in [3.05, 3.63) is 164 Å². The van der Waals surface area contributed by atoms with Crippen molar-refractivity contribution in [1.82, 2.24) is 14.1 Å². The zero-order chi connectivity index (χ0) is 29.0. The van der Waals surface area contributed by atoms with Crippen LogP contribution in [-0.2, 0) is 0 Å². The van der Waals surface area contributed by atoms with E-state index in [1.807, 2.05) is 0 Å². The van der Waals surface area contributed by atoms with Crippen LogP contribution in [0.4, 0.5) is 0 Å². The lowest BCUT2D eigenvalue weighted by Gasteiger charge is -2.13. The highest BCUT2D eigenvalue weighted by Crippen LogP contribution is 2.40. The molecule has 9 aromatic rings. The molecule has 9 rings (SSSR count). The molecule has 0 N–H and O–H groups in total. The van der Waals surface area contributed by atoms with E-state index < -0.39 is 0 Å². The van der Waals surface area contributed by atoms with Gasteiger partial charge < -0.3 is 9.13 Å². The lowest BCUT2D eigenvalue weighted by molar-refractivity contribution is 1.17. The number of hydrogen-bond acceptors (Lipinski definition) is 1. The van der Waals surface area contributed by atoms with Gasteiger partial charge in [-0.25, -0.2) is 4.98 Å². The SMILES string of the molecule is c1ccc(-n2c3ccccc3c3cccc(-c4cccc(-c5cccc6c7ccccc7n(-c7ccccc7)c56)n4)c32)cc1. The largest absolute Gasteiger partial charge is 0.309 e. The molecule has 0 amide bonds. The zero-order valence-electron chi connectivity index (χ0n) is 23.9. The molecule has 6 aromatic carbocycles. The molecule has 0 bridgehead atoms. The summed E-state index contributed by atoms with van der Waals surface area (Å²) in [5.41, 5.74) is 11.1. The van der Waals surface area contributed by atoms with Crippen LogP contribution >= 0.6 is 0 Å². The predicted octanol–water partition coefficient (Wildman–Crippen LogP) is 10.6. The van der Waals surface area contributed by atoms with Crippen LogP contribution in [0.2, 0.25) is 0 Å². The summed E-state index contributed by atoms with van der Waals surface area (Å²) >= 11 is 0. The van der Waals surface area contributed by atoms with Gasteiger partial charge in [0, 0.05) is 44.0 Å². The molecule has 0 aliphatic rings. The van der Waals surface area contributed by atoms with E-state index >= 15 is 0 Å². The Hall–Kier alpha value is -5.93. The first kappa shape index (κ1) is 24.6. The van der Waals surface area contributed by atoms with Crippen LogP contribution in [-0.4, -0.2) is 14.1 Å². The summed E-state index contributed by atoms with van der Waals surface area (Å²) < 4.78 is 4.75. The summed E-state index contributed by atoms with van der Waals surface area (Å²) in [6.45, 7) is 0. The van der Waals surface area contributed by atoms with E-state index in [0.29, 0.717) is 0 Å². The topological polar surface area (TPSA) is 22.8 Å². The number of para-hydroxylation sites is 6. The third-order valence-corrected chi connectivity index (χ3v) is 8.72. The second kappa shape index (κ2) is 9.82. The molecule has 0 spiro atoms. The first-order valence-corrected chi connectivity index (χ1v) is 15.0. The molecule has 0 saturated carbocycles. The molecule has 0 radical (unpaired) electrons. The number of fused-ring (bicyclic) bond motifs is 6. The standard InChI is InChI=1S/C41H27N3/c1-3-14-28(15-4-1)43-38-26-9-7-18-30(38)32-20-11-22-34(40(32)43)36-24-13-25-37(42-36)35-23-12-21-33-31-19-8-10-27-39(31)44(41(33)35)29-16-5-2-6-17-29/h1-27H. The minimum atomic E-state index is 0.951. The molecule has 3 heterocycles. The van der Waals surface area contributed by atoms with Crippen LogP contribution in [0.3, 0.4) is 0 Å². The van der Waals surface area contributed by atoms with Gasteiger partial charge in [0.15, 0.2) is 0 Å². The van der Waals surface area contributed by atoms with Crippen molar-refractivity contribution in [3.8, 4) is 33.9 Å². The van der Waals surface area contributed by atoms with Crippen LogP contribution in [0.25, 0.3) is 77.5 Å². The first-order chi connectivity index (χ1) is 21.9. The average Bonchev–Trinajstić information content (AvgIpc) is 3.62. The van der Waals surface area contributed by atoms with Crippen LogP contribution < -0.4 is 0 Å². The Balaban J connectivity index is 1.32. The maximum atomic E-state index is 5.40. The Morgan fingerprint density at radius 3 is 1.18 bits per heavy atom. The van der Waals surface area contributed by atoms with Crippen molar-refractivity contribution in [2.45, 2.75) is 0 Å². The van der Waals surface area contributed by atoms with Gasteiger partial charge in [0.2, 0.25) is 0 Å². The molecule has 0 fully saturated rings. The molecular formula is C41H27N3. The van der Waals surface area contributed by atoms with Crippen LogP contribution in [0.1, 0.15) is 0 Å². The summed E-state index contributed by atoms with van der Waals surface area (Å²) in [7, 11) is 0. The molecular weight excluding hydrogens is 534 g/mol. The van der Waals surface area contributed by atoms with Gasteiger partial charge in [-0.1, -0.05) is 115 Å². The van der Waals surface area contributed by atoms with E-state index in [2.05, 4.69) is 173 Å². The maximum absolute atomic E-state index is 5.40. The van der Waals surface area contributed by atoms with Gasteiger partial charge >= 0.3 is 0 Å². The lowest BCUT2D eigenvalue weighted by Crippen LogP contribution is -1.97. The van der Waals surface area contributed by atoms with E-state index in [0.717, 1.165) is 33.9 Å². The number of nitrogens with zero attached hydrogens (tertiary/aromatic N) is 3. The van der Waals surface area contributed by atoms with E-state index in [4.69, 9.17) is 4.98 Å². The van der Waals surface area contributed by atoms with Gasteiger partial charge in [-0.2, -0.15) is 0 Å². The Kier molecular flexibility index (Phi) is 5.50. The van der Waals surface area contributed by atoms with E-state index in [-0.39, 0.29) is 0 Å². The van der Waals surface area contributed by atoms with Gasteiger partial charge in [0.25, 0.3) is 0 Å². The van der Waals surface area contributed by atoms with Gasteiger partial charge in [-0.05, 0) is 48.5 Å². The Morgan fingerprint density at radius 1 is 0.318 bits per heavy atom. The second-order valence-electron chi connectivity index (χ2n) is 11.2. The van der Waals surface area contributed by atoms with E-state index in [1.165, 1.54) is 43.6 Å². The summed E-state index contributed by atoms with van der Waals surface area (Å²) in [5.74, 6) is 0. The zero-order valence-corrected chi connectivity index (χ0v) is 23.9. The molecule has 0 unspecified atom stereocenters. The molecule has 0 aliphatic heterocycles. The van der Waals surface area contributed by atoms with Crippen LogP contribution in [0.5, 0.6) is 0 Å². The Bertz CT molecular complexity index is 2310. The monoisotopic (exact) mass is 561 g/mol. The third kappa shape index (κ3) is 3.66. The summed E-state index contributed by atoms with van der Waals surface area (Å²) in [6.07, 6.45) is 0. The van der Waals surface area contributed by atoms with E-state index in [9.17, 15) is 0 Å². The molecule has 0 saturated heterocycles. The van der Waals surface area contributed by atoms with Crippen molar-refractivity contribution in [2.24, 2.45) is 0 Å². The smallest absolute Gasteiger partial charge is 0.0730 e. The van der Waals surface area contributed by atoms with Gasteiger partial charge in [0.05, 0.1) is 33.5 Å². The molecule has 0 atom stereocenters. The first-order valence-electron chi connectivity index (χ1n) is 15.0. The summed E-state index contributed by atoms with van der Waals surface area (Å²) in [6, 6.07) is 58.1. The molecule has 0 aliphatic carbocycles. The number of rotatable bonds is 4. The van der Waals surface area contributed by atoms with Gasteiger partial charge in [-0.15, -0.1) is 0 Å². The summed E-state index contributed by atoms with van der Waals surface area (Å²) in [4.78, 5) is 5.40. The van der Waals surface area contributed by atoms with Crippen molar-refractivity contribution < 1.29 is 0 Å². The predicted molar refractivity (Wildman–Crippen MR) is 184 cm³/mol. The number of aromatic nitrogens is 3. The number of pyridine rings is 1. The fourth-order valence-corrected chi connectivity index (χ4v) is 6.88. The fraction of sp³-hybridized carbons (Fsp3) is 0. The van der Waals surface area contributed by atoms with Crippen LogP contribution in [0, 0.1) is 0 Å². The molecule has 3 aromatic heterocycles. The summed E-state index contributed by atoms with van der Waals surface area (Å²) in [5, 5.41) is 4.92. The van der Waals surface area contributed by atoms with E-state index in [1.54, 1.807) is 0 Å². The fourth-order valence-electron chi connectivity index (χ4n) is 6.88. The molecule has 206 valence electrons. The molecule has 3 heteroatoms. The Labute approximate surface area is 254 Å². The number of benzene rings is 6. The quantitative estimate of drug-likeness (QED) is 0.210. The van der Waals surface area contributed by atoms with Crippen LogP contribution in [0.15, 0.2) is 164 Å². The maximum Gasteiger partial charge on any atom is 0.0730 e.